The van der Waals surface area contributed by atoms with Crippen LogP contribution in [0.25, 0.3) is 0 Å². The molecule has 0 amide bonds. The van der Waals surface area contributed by atoms with E-state index in [2.05, 4.69) is 22.1 Å². The molecule has 4 nitrogen and oxygen atoms in total. The number of nitrogens with zero attached hydrogens (tertiary/aromatic N) is 2. The second-order valence-electron chi connectivity index (χ2n) is 5.87. The SMILES string of the molecule is CCCOc1cccnc1N1CCC2NCCCC2C1. The zero-order valence-electron chi connectivity index (χ0n) is 12.3. The van der Waals surface area contributed by atoms with Gasteiger partial charge in [0.15, 0.2) is 11.6 Å². The van der Waals surface area contributed by atoms with Crippen molar-refractivity contribution in [2.45, 2.75) is 38.6 Å². The van der Waals surface area contributed by atoms with Crippen LogP contribution >= 0.6 is 0 Å². The molecule has 0 aliphatic carbocycles. The lowest BCUT2D eigenvalue weighted by Crippen LogP contribution is -2.52. The van der Waals surface area contributed by atoms with Crippen molar-refractivity contribution in [3.8, 4) is 5.75 Å². The monoisotopic (exact) mass is 275 g/mol. The van der Waals surface area contributed by atoms with Crippen molar-refractivity contribution in [3.63, 3.8) is 0 Å². The largest absolute Gasteiger partial charge is 0.490 e. The van der Waals surface area contributed by atoms with Crippen molar-refractivity contribution in [1.82, 2.24) is 10.3 Å². The molecule has 2 fully saturated rings. The van der Waals surface area contributed by atoms with Crippen molar-refractivity contribution in [2.24, 2.45) is 5.92 Å². The summed E-state index contributed by atoms with van der Waals surface area (Å²) in [6, 6.07) is 4.72. The van der Waals surface area contributed by atoms with Crippen molar-refractivity contribution in [3.05, 3.63) is 18.3 Å². The van der Waals surface area contributed by atoms with Crippen molar-refractivity contribution < 1.29 is 4.74 Å². The lowest BCUT2D eigenvalue weighted by Gasteiger charge is -2.42. The van der Waals surface area contributed by atoms with Crippen LogP contribution in [0.15, 0.2) is 18.3 Å². The maximum absolute atomic E-state index is 5.86. The number of ether oxygens (including phenoxy) is 1. The first kappa shape index (κ1) is 13.7. The summed E-state index contributed by atoms with van der Waals surface area (Å²) in [4.78, 5) is 6.99. The smallest absolute Gasteiger partial charge is 0.171 e. The molecule has 20 heavy (non-hydrogen) atoms. The summed E-state index contributed by atoms with van der Waals surface area (Å²) in [7, 11) is 0. The maximum Gasteiger partial charge on any atom is 0.171 e. The van der Waals surface area contributed by atoms with Gasteiger partial charge < -0.3 is 15.0 Å². The molecule has 1 N–H and O–H groups in total. The number of nitrogens with one attached hydrogen (secondary N) is 1. The molecule has 2 aliphatic rings. The molecule has 2 saturated heterocycles. The molecule has 1 aromatic rings. The minimum Gasteiger partial charge on any atom is -0.490 e. The van der Waals surface area contributed by atoms with Gasteiger partial charge in [-0.2, -0.15) is 0 Å². The predicted molar refractivity (Wildman–Crippen MR) is 81.4 cm³/mol. The zero-order valence-corrected chi connectivity index (χ0v) is 12.3. The first-order valence-electron chi connectivity index (χ1n) is 7.94. The molecule has 4 heteroatoms. The lowest BCUT2D eigenvalue weighted by molar-refractivity contribution is 0.242. The number of aromatic nitrogens is 1. The van der Waals surface area contributed by atoms with Crippen LogP contribution in [0.3, 0.4) is 0 Å². The van der Waals surface area contributed by atoms with E-state index in [4.69, 9.17) is 4.74 Å². The van der Waals surface area contributed by atoms with Gasteiger partial charge in [-0.1, -0.05) is 6.92 Å². The van der Waals surface area contributed by atoms with E-state index in [9.17, 15) is 0 Å². The lowest BCUT2D eigenvalue weighted by atomic mass is 9.85. The molecule has 1 aromatic heterocycles. The Bertz CT molecular complexity index is 437. The van der Waals surface area contributed by atoms with Gasteiger partial charge in [0.25, 0.3) is 0 Å². The molecule has 3 rings (SSSR count). The van der Waals surface area contributed by atoms with E-state index in [1.54, 1.807) is 0 Å². The Morgan fingerprint density at radius 2 is 2.40 bits per heavy atom. The number of hydrogen-bond acceptors (Lipinski definition) is 4. The third-order valence-electron chi connectivity index (χ3n) is 4.40. The third-order valence-corrected chi connectivity index (χ3v) is 4.40. The van der Waals surface area contributed by atoms with E-state index in [1.807, 2.05) is 18.3 Å². The van der Waals surface area contributed by atoms with Crippen LogP contribution in [0.4, 0.5) is 5.82 Å². The van der Waals surface area contributed by atoms with Gasteiger partial charge in [0.05, 0.1) is 6.61 Å². The fourth-order valence-electron chi connectivity index (χ4n) is 3.38. The highest BCUT2D eigenvalue weighted by atomic mass is 16.5. The van der Waals surface area contributed by atoms with Crippen molar-refractivity contribution >= 4 is 5.82 Å². The minimum absolute atomic E-state index is 0.712. The van der Waals surface area contributed by atoms with Crippen LogP contribution < -0.4 is 15.0 Å². The van der Waals surface area contributed by atoms with Crippen molar-refractivity contribution in [1.29, 1.82) is 0 Å². The number of anilines is 1. The Kier molecular flexibility index (Phi) is 4.41. The molecule has 0 bridgehead atoms. The summed E-state index contributed by atoms with van der Waals surface area (Å²) in [5.74, 6) is 2.74. The van der Waals surface area contributed by atoms with Crippen LogP contribution in [0.5, 0.6) is 5.75 Å². The number of fused-ring (bicyclic) bond motifs is 1. The fraction of sp³-hybridized carbons (Fsp3) is 0.688. The first-order chi connectivity index (χ1) is 9.88. The summed E-state index contributed by atoms with van der Waals surface area (Å²) >= 11 is 0. The minimum atomic E-state index is 0.712. The predicted octanol–water partition coefficient (Wildman–Crippen LogP) is 2.45. The maximum atomic E-state index is 5.86. The molecule has 0 radical (unpaired) electrons. The zero-order chi connectivity index (χ0) is 13.8. The van der Waals surface area contributed by atoms with E-state index in [0.717, 1.165) is 43.6 Å². The van der Waals surface area contributed by atoms with E-state index in [-0.39, 0.29) is 0 Å². The Hall–Kier alpha value is -1.29. The Morgan fingerprint density at radius 3 is 3.30 bits per heavy atom. The average Bonchev–Trinajstić information content (AvgIpc) is 2.53. The molecular weight excluding hydrogens is 250 g/mol. The highest BCUT2D eigenvalue weighted by Gasteiger charge is 2.32. The summed E-state index contributed by atoms with van der Waals surface area (Å²) in [5, 5.41) is 3.66. The number of pyridine rings is 1. The quantitative estimate of drug-likeness (QED) is 0.916. The molecule has 0 saturated carbocycles. The van der Waals surface area contributed by atoms with Gasteiger partial charge in [-0.15, -0.1) is 0 Å². The van der Waals surface area contributed by atoms with E-state index in [0.29, 0.717) is 6.04 Å². The number of hydrogen-bond donors (Lipinski definition) is 1. The summed E-state index contributed by atoms with van der Waals surface area (Å²) < 4.78 is 5.86. The number of rotatable bonds is 4. The summed E-state index contributed by atoms with van der Waals surface area (Å²) in [6.45, 7) is 6.27. The third kappa shape index (κ3) is 2.90. The summed E-state index contributed by atoms with van der Waals surface area (Å²) in [6.07, 6.45) is 6.76. The van der Waals surface area contributed by atoms with Crippen LogP contribution in [0.1, 0.15) is 32.6 Å². The fourth-order valence-corrected chi connectivity index (χ4v) is 3.38. The second kappa shape index (κ2) is 6.44. The molecule has 0 aromatic carbocycles. The molecule has 0 spiro atoms. The molecular formula is C16H25N3O. The van der Waals surface area contributed by atoms with Crippen LogP contribution in [-0.2, 0) is 0 Å². The van der Waals surface area contributed by atoms with E-state index < -0.39 is 0 Å². The van der Waals surface area contributed by atoms with Gasteiger partial charge in [0, 0.05) is 25.3 Å². The summed E-state index contributed by atoms with van der Waals surface area (Å²) in [5.41, 5.74) is 0. The van der Waals surface area contributed by atoms with Crippen LogP contribution in [0.2, 0.25) is 0 Å². The molecule has 2 atom stereocenters. The van der Waals surface area contributed by atoms with Crippen LogP contribution in [0, 0.1) is 5.92 Å². The molecule has 3 heterocycles. The van der Waals surface area contributed by atoms with Gasteiger partial charge in [-0.05, 0) is 50.3 Å². The van der Waals surface area contributed by atoms with E-state index >= 15 is 0 Å². The van der Waals surface area contributed by atoms with Gasteiger partial charge in [-0.25, -0.2) is 4.98 Å². The van der Waals surface area contributed by atoms with Gasteiger partial charge in [0.2, 0.25) is 0 Å². The average molecular weight is 275 g/mol. The molecule has 2 aliphatic heterocycles. The Labute approximate surface area is 121 Å². The highest BCUT2D eigenvalue weighted by molar-refractivity contribution is 5.52. The normalized spacial score (nSPS) is 26.1. The van der Waals surface area contributed by atoms with Crippen LogP contribution in [-0.4, -0.2) is 37.3 Å². The topological polar surface area (TPSA) is 37.4 Å². The standard InChI is InChI=1S/C16H25N3O/c1-2-11-20-15-6-4-9-18-16(15)19-10-7-14-13(12-19)5-3-8-17-14/h4,6,9,13-14,17H,2-3,5,7-8,10-12H2,1H3. The van der Waals surface area contributed by atoms with Gasteiger partial charge >= 0.3 is 0 Å². The second-order valence-corrected chi connectivity index (χ2v) is 5.87. The van der Waals surface area contributed by atoms with Gasteiger partial charge in [0.1, 0.15) is 0 Å². The van der Waals surface area contributed by atoms with Gasteiger partial charge in [-0.3, -0.25) is 0 Å². The first-order valence-corrected chi connectivity index (χ1v) is 7.94. The van der Waals surface area contributed by atoms with E-state index in [1.165, 1.54) is 25.8 Å². The Morgan fingerprint density at radius 1 is 1.45 bits per heavy atom. The highest BCUT2D eigenvalue weighted by Crippen LogP contribution is 2.32. The number of piperidine rings is 2. The molecule has 110 valence electrons. The molecule has 2 unspecified atom stereocenters. The Balaban J connectivity index is 1.72. The van der Waals surface area contributed by atoms with Crippen molar-refractivity contribution in [2.75, 3.05) is 31.1 Å².